The Kier molecular flexibility index (Phi) is 5.43. The molecule has 1 fully saturated rings. The number of hydrogen-bond acceptors (Lipinski definition) is 4. The van der Waals surface area contributed by atoms with Gasteiger partial charge in [0, 0.05) is 37.1 Å². The average molecular weight is 314 g/mol. The summed E-state index contributed by atoms with van der Waals surface area (Å²) in [5.74, 6) is 0. The van der Waals surface area contributed by atoms with Gasteiger partial charge in [0.2, 0.25) is 10.0 Å². The Morgan fingerprint density at radius 2 is 2.24 bits per heavy atom. The zero-order valence-corrected chi connectivity index (χ0v) is 13.8. The summed E-state index contributed by atoms with van der Waals surface area (Å²) in [6, 6.07) is 2.06. The Morgan fingerprint density at radius 1 is 1.48 bits per heavy atom. The van der Waals surface area contributed by atoms with E-state index < -0.39 is 10.0 Å². The van der Waals surface area contributed by atoms with Crippen LogP contribution in [0.2, 0.25) is 0 Å². The molecule has 0 saturated carbocycles. The molecule has 120 valence electrons. The first-order valence-corrected chi connectivity index (χ1v) is 8.96. The average Bonchev–Trinajstić information content (AvgIpc) is 2.85. The van der Waals surface area contributed by atoms with Gasteiger partial charge in [-0.05, 0) is 32.5 Å². The zero-order chi connectivity index (χ0) is 15.5. The molecule has 0 amide bonds. The third-order valence-corrected chi connectivity index (χ3v) is 5.17. The molecule has 1 aliphatic heterocycles. The van der Waals surface area contributed by atoms with E-state index in [2.05, 4.69) is 33.8 Å². The standard InChI is InChI=1S/C14H26N4O2S/c1-11(2)15-8-13-7-14(9-16-13)21(19,20)17-12-5-4-6-18(3)10-12/h7,9,11-12,15-17H,4-6,8,10H2,1-3H3. The van der Waals surface area contributed by atoms with Gasteiger partial charge in [-0.3, -0.25) is 0 Å². The Balaban J connectivity index is 1.98. The van der Waals surface area contributed by atoms with Gasteiger partial charge >= 0.3 is 0 Å². The number of sulfonamides is 1. The second-order valence-corrected chi connectivity index (χ2v) is 7.83. The van der Waals surface area contributed by atoms with Crippen LogP contribution in [0.5, 0.6) is 0 Å². The molecule has 0 bridgehead atoms. The lowest BCUT2D eigenvalue weighted by Crippen LogP contribution is -2.46. The van der Waals surface area contributed by atoms with Crippen molar-refractivity contribution in [3.63, 3.8) is 0 Å². The predicted octanol–water partition coefficient (Wildman–Crippen LogP) is 0.885. The summed E-state index contributed by atoms with van der Waals surface area (Å²) in [5.41, 5.74) is 0.879. The highest BCUT2D eigenvalue weighted by Gasteiger charge is 2.24. The van der Waals surface area contributed by atoms with Gasteiger partial charge in [-0.1, -0.05) is 13.8 Å². The molecule has 0 radical (unpaired) electrons. The molecule has 3 N–H and O–H groups in total. The number of likely N-dealkylation sites (N-methyl/N-ethyl adjacent to an activating group) is 1. The molecule has 0 aliphatic carbocycles. The molecule has 1 atom stereocenters. The fourth-order valence-corrected chi connectivity index (χ4v) is 3.82. The Labute approximate surface area is 127 Å². The number of rotatable bonds is 6. The van der Waals surface area contributed by atoms with Gasteiger partial charge in [0.05, 0.1) is 4.90 Å². The van der Waals surface area contributed by atoms with Gasteiger partial charge in [0.25, 0.3) is 0 Å². The lowest BCUT2D eigenvalue weighted by atomic mass is 10.1. The number of nitrogens with zero attached hydrogens (tertiary/aromatic N) is 1. The minimum absolute atomic E-state index is 0.000823. The van der Waals surface area contributed by atoms with Crippen LogP contribution in [-0.4, -0.2) is 50.5 Å². The third-order valence-electron chi connectivity index (χ3n) is 3.67. The third kappa shape index (κ3) is 4.81. The van der Waals surface area contributed by atoms with Crippen LogP contribution in [0.25, 0.3) is 0 Å². The molecule has 1 aromatic heterocycles. The fourth-order valence-electron chi connectivity index (χ4n) is 2.54. The summed E-state index contributed by atoms with van der Waals surface area (Å²) >= 11 is 0. The Morgan fingerprint density at radius 3 is 2.90 bits per heavy atom. The highest BCUT2D eigenvalue weighted by atomic mass is 32.2. The summed E-state index contributed by atoms with van der Waals surface area (Å²) in [4.78, 5) is 5.50. The van der Waals surface area contributed by atoms with E-state index in [1.807, 2.05) is 7.05 Å². The summed E-state index contributed by atoms with van der Waals surface area (Å²) in [6.07, 6.45) is 3.49. The summed E-state index contributed by atoms with van der Waals surface area (Å²) in [5, 5.41) is 3.26. The smallest absolute Gasteiger partial charge is 0.242 e. The molecule has 2 rings (SSSR count). The van der Waals surface area contributed by atoms with E-state index in [0.29, 0.717) is 17.5 Å². The van der Waals surface area contributed by atoms with Gasteiger partial charge in [-0.2, -0.15) is 0 Å². The van der Waals surface area contributed by atoms with E-state index >= 15 is 0 Å². The van der Waals surface area contributed by atoms with E-state index in [-0.39, 0.29) is 6.04 Å². The quantitative estimate of drug-likeness (QED) is 0.729. The Bertz CT molecular complexity index is 553. The highest BCUT2D eigenvalue weighted by molar-refractivity contribution is 7.89. The van der Waals surface area contributed by atoms with E-state index in [1.165, 1.54) is 0 Å². The van der Waals surface area contributed by atoms with Crippen molar-refractivity contribution in [1.29, 1.82) is 0 Å². The molecular weight excluding hydrogens is 288 g/mol. The monoisotopic (exact) mass is 314 g/mol. The lowest BCUT2D eigenvalue weighted by molar-refractivity contribution is 0.242. The van der Waals surface area contributed by atoms with Gasteiger partial charge in [-0.25, -0.2) is 13.1 Å². The van der Waals surface area contributed by atoms with Crippen molar-refractivity contribution in [2.45, 2.75) is 50.2 Å². The van der Waals surface area contributed by atoms with Gasteiger partial charge in [-0.15, -0.1) is 0 Å². The highest BCUT2D eigenvalue weighted by Crippen LogP contribution is 2.15. The van der Waals surface area contributed by atoms with E-state index in [0.717, 1.165) is 31.6 Å². The summed E-state index contributed by atoms with van der Waals surface area (Å²) in [6.45, 7) is 6.56. The number of aromatic nitrogens is 1. The Hall–Kier alpha value is -0.890. The number of aromatic amines is 1. The van der Waals surface area contributed by atoms with Crippen LogP contribution >= 0.6 is 0 Å². The number of likely N-dealkylation sites (tertiary alicyclic amines) is 1. The maximum Gasteiger partial charge on any atom is 0.242 e. The SMILES string of the molecule is CC(C)NCc1cc(S(=O)(=O)NC2CCCN(C)C2)c[nH]1. The van der Waals surface area contributed by atoms with Gasteiger partial charge in [0.15, 0.2) is 0 Å². The topological polar surface area (TPSA) is 77.2 Å². The maximum atomic E-state index is 12.4. The zero-order valence-electron chi connectivity index (χ0n) is 13.0. The van der Waals surface area contributed by atoms with Crippen molar-refractivity contribution in [1.82, 2.24) is 19.9 Å². The molecular formula is C14H26N4O2S. The van der Waals surface area contributed by atoms with Crippen LogP contribution in [-0.2, 0) is 16.6 Å². The van der Waals surface area contributed by atoms with Crippen molar-refractivity contribution in [2.75, 3.05) is 20.1 Å². The van der Waals surface area contributed by atoms with Crippen molar-refractivity contribution >= 4 is 10.0 Å². The molecule has 0 aromatic carbocycles. The first-order chi connectivity index (χ1) is 9.87. The van der Waals surface area contributed by atoms with Crippen LogP contribution in [0.4, 0.5) is 0 Å². The maximum absolute atomic E-state index is 12.4. The largest absolute Gasteiger partial charge is 0.363 e. The van der Waals surface area contributed by atoms with Crippen LogP contribution in [0, 0.1) is 0 Å². The van der Waals surface area contributed by atoms with Crippen LogP contribution in [0.15, 0.2) is 17.2 Å². The van der Waals surface area contributed by atoms with Crippen LogP contribution < -0.4 is 10.0 Å². The lowest BCUT2D eigenvalue weighted by Gasteiger charge is -2.29. The molecule has 0 spiro atoms. The molecule has 6 nitrogen and oxygen atoms in total. The minimum atomic E-state index is -3.44. The molecule has 1 saturated heterocycles. The minimum Gasteiger partial charge on any atom is -0.363 e. The number of nitrogens with one attached hydrogen (secondary N) is 3. The van der Waals surface area contributed by atoms with E-state index in [1.54, 1.807) is 12.3 Å². The second kappa shape index (κ2) is 6.91. The van der Waals surface area contributed by atoms with Crippen molar-refractivity contribution < 1.29 is 8.42 Å². The molecule has 2 heterocycles. The molecule has 1 aliphatic rings. The molecule has 1 aromatic rings. The molecule has 21 heavy (non-hydrogen) atoms. The fraction of sp³-hybridized carbons (Fsp3) is 0.714. The summed E-state index contributed by atoms with van der Waals surface area (Å²) < 4.78 is 27.6. The van der Waals surface area contributed by atoms with Gasteiger partial charge < -0.3 is 15.2 Å². The van der Waals surface area contributed by atoms with Crippen molar-refractivity contribution in [3.8, 4) is 0 Å². The number of hydrogen-bond donors (Lipinski definition) is 3. The summed E-state index contributed by atoms with van der Waals surface area (Å²) in [7, 11) is -1.42. The normalized spacial score (nSPS) is 21.0. The van der Waals surface area contributed by atoms with Crippen molar-refractivity contribution in [3.05, 3.63) is 18.0 Å². The number of piperidine rings is 1. The molecule has 1 unspecified atom stereocenters. The number of H-pyrrole nitrogens is 1. The molecule has 7 heteroatoms. The van der Waals surface area contributed by atoms with Crippen LogP contribution in [0.3, 0.4) is 0 Å². The van der Waals surface area contributed by atoms with Crippen LogP contribution in [0.1, 0.15) is 32.4 Å². The predicted molar refractivity (Wildman–Crippen MR) is 83.6 cm³/mol. The van der Waals surface area contributed by atoms with E-state index in [9.17, 15) is 8.42 Å². The second-order valence-electron chi connectivity index (χ2n) is 6.12. The van der Waals surface area contributed by atoms with Gasteiger partial charge in [0.1, 0.15) is 0 Å². The van der Waals surface area contributed by atoms with E-state index in [4.69, 9.17) is 0 Å². The van der Waals surface area contributed by atoms with Crippen molar-refractivity contribution in [2.24, 2.45) is 0 Å². The first kappa shape index (κ1) is 16.5. The first-order valence-electron chi connectivity index (χ1n) is 7.48.